The fraction of sp³-hybridized carbons (Fsp3) is 0.750. The summed E-state index contributed by atoms with van der Waals surface area (Å²) >= 11 is 1.89. The summed E-state index contributed by atoms with van der Waals surface area (Å²) in [6.07, 6.45) is 7.98. The summed E-state index contributed by atoms with van der Waals surface area (Å²) in [5.74, 6) is 0.897. The lowest BCUT2D eigenvalue weighted by Gasteiger charge is -2.23. The van der Waals surface area contributed by atoms with Crippen molar-refractivity contribution >= 4 is 11.3 Å². The van der Waals surface area contributed by atoms with E-state index < -0.39 is 0 Å². The largest absolute Gasteiger partial charge is 0.314 e. The first-order valence-corrected chi connectivity index (χ1v) is 8.43. The first kappa shape index (κ1) is 15.7. The van der Waals surface area contributed by atoms with Gasteiger partial charge >= 0.3 is 0 Å². The molecule has 0 aliphatic carbocycles. The fourth-order valence-electron chi connectivity index (χ4n) is 2.58. The van der Waals surface area contributed by atoms with Crippen LogP contribution in [0.15, 0.2) is 17.5 Å². The third-order valence-corrected chi connectivity index (χ3v) is 4.58. The quantitative estimate of drug-likeness (QED) is 0.637. The van der Waals surface area contributed by atoms with E-state index in [0.717, 1.165) is 12.5 Å². The molecule has 1 heterocycles. The highest BCUT2D eigenvalue weighted by Crippen LogP contribution is 2.21. The van der Waals surface area contributed by atoms with Crippen LogP contribution in [0.3, 0.4) is 0 Å². The summed E-state index contributed by atoms with van der Waals surface area (Å²) in [6.45, 7) is 7.93. The molecule has 1 nitrogen and oxygen atoms in total. The van der Waals surface area contributed by atoms with E-state index in [-0.39, 0.29) is 0 Å². The van der Waals surface area contributed by atoms with E-state index >= 15 is 0 Å². The molecular formula is C16H29NS. The third kappa shape index (κ3) is 6.01. The van der Waals surface area contributed by atoms with Gasteiger partial charge in [0, 0.05) is 10.9 Å². The van der Waals surface area contributed by atoms with Crippen LogP contribution in [-0.2, 0) is 6.42 Å². The van der Waals surface area contributed by atoms with E-state index in [0.29, 0.717) is 6.04 Å². The predicted molar refractivity (Wildman–Crippen MR) is 83.4 cm³/mol. The Kier molecular flexibility index (Phi) is 8.36. The number of nitrogens with one attached hydrogen (secondary N) is 1. The van der Waals surface area contributed by atoms with E-state index in [1.165, 1.54) is 43.4 Å². The van der Waals surface area contributed by atoms with Crippen molar-refractivity contribution in [3.63, 3.8) is 0 Å². The highest BCUT2D eigenvalue weighted by molar-refractivity contribution is 7.09. The molecule has 2 atom stereocenters. The van der Waals surface area contributed by atoms with Gasteiger partial charge in [-0.3, -0.25) is 0 Å². The van der Waals surface area contributed by atoms with Gasteiger partial charge in [0.1, 0.15) is 0 Å². The van der Waals surface area contributed by atoms with Crippen molar-refractivity contribution in [3.05, 3.63) is 22.4 Å². The summed E-state index contributed by atoms with van der Waals surface area (Å²) in [7, 11) is 0. The van der Waals surface area contributed by atoms with Crippen molar-refractivity contribution in [2.45, 2.75) is 65.3 Å². The number of hydrogen-bond donors (Lipinski definition) is 1. The Morgan fingerprint density at radius 1 is 1.28 bits per heavy atom. The van der Waals surface area contributed by atoms with Gasteiger partial charge in [0.25, 0.3) is 0 Å². The zero-order valence-corrected chi connectivity index (χ0v) is 13.1. The molecule has 0 bridgehead atoms. The second kappa shape index (κ2) is 9.57. The minimum atomic E-state index is 0.662. The van der Waals surface area contributed by atoms with Gasteiger partial charge < -0.3 is 5.32 Å². The molecular weight excluding hydrogens is 238 g/mol. The average molecular weight is 267 g/mol. The maximum atomic E-state index is 3.67. The van der Waals surface area contributed by atoms with Crippen LogP contribution in [0, 0.1) is 5.92 Å². The van der Waals surface area contributed by atoms with Gasteiger partial charge in [0.05, 0.1) is 0 Å². The minimum Gasteiger partial charge on any atom is -0.314 e. The number of likely N-dealkylation sites (N-methyl/N-ethyl adjacent to an activating group) is 1. The fourth-order valence-corrected chi connectivity index (χ4v) is 3.37. The van der Waals surface area contributed by atoms with Crippen LogP contribution in [0.5, 0.6) is 0 Å². The highest BCUT2D eigenvalue weighted by atomic mass is 32.1. The van der Waals surface area contributed by atoms with Gasteiger partial charge in [-0.05, 0) is 36.8 Å². The van der Waals surface area contributed by atoms with E-state index in [2.05, 4.69) is 43.6 Å². The molecule has 18 heavy (non-hydrogen) atoms. The molecule has 1 aromatic rings. The smallest absolute Gasteiger partial charge is 0.0118 e. The normalized spacial score (nSPS) is 14.6. The second-order valence-corrected chi connectivity index (χ2v) is 6.22. The molecule has 1 aromatic heterocycles. The van der Waals surface area contributed by atoms with E-state index in [4.69, 9.17) is 0 Å². The molecule has 104 valence electrons. The van der Waals surface area contributed by atoms with Gasteiger partial charge in [-0.2, -0.15) is 0 Å². The standard InChI is InChI=1S/C16H29NS/c1-4-7-9-14(5-2)12-15(17-6-3)13-16-10-8-11-18-16/h8,10-11,14-15,17H,4-7,9,12-13H2,1-3H3. The Bertz CT molecular complexity index is 281. The monoisotopic (exact) mass is 267 g/mol. The van der Waals surface area contributed by atoms with Crippen LogP contribution in [-0.4, -0.2) is 12.6 Å². The zero-order chi connectivity index (χ0) is 13.2. The van der Waals surface area contributed by atoms with Crippen LogP contribution in [0.1, 0.15) is 57.8 Å². The van der Waals surface area contributed by atoms with Crippen molar-refractivity contribution in [3.8, 4) is 0 Å². The van der Waals surface area contributed by atoms with Crippen molar-refractivity contribution in [1.29, 1.82) is 0 Å². The van der Waals surface area contributed by atoms with Gasteiger partial charge in [-0.15, -0.1) is 11.3 Å². The average Bonchev–Trinajstić information content (AvgIpc) is 2.87. The molecule has 0 aliphatic heterocycles. The Labute approximate surface area is 117 Å². The third-order valence-electron chi connectivity index (χ3n) is 3.68. The van der Waals surface area contributed by atoms with Crippen LogP contribution >= 0.6 is 11.3 Å². The number of unbranched alkanes of at least 4 members (excludes halogenated alkanes) is 1. The number of hydrogen-bond acceptors (Lipinski definition) is 2. The molecule has 1 rings (SSSR count). The van der Waals surface area contributed by atoms with Gasteiger partial charge in [0.15, 0.2) is 0 Å². The van der Waals surface area contributed by atoms with Crippen molar-refractivity contribution in [1.82, 2.24) is 5.32 Å². The molecule has 0 saturated carbocycles. The van der Waals surface area contributed by atoms with E-state index in [9.17, 15) is 0 Å². The Balaban J connectivity index is 2.44. The number of thiophene rings is 1. The van der Waals surface area contributed by atoms with E-state index in [1.54, 1.807) is 0 Å². The van der Waals surface area contributed by atoms with Crippen molar-refractivity contribution < 1.29 is 0 Å². The van der Waals surface area contributed by atoms with Crippen LogP contribution in [0.4, 0.5) is 0 Å². The summed E-state index contributed by atoms with van der Waals surface area (Å²) in [5, 5.41) is 5.86. The number of rotatable bonds is 10. The van der Waals surface area contributed by atoms with Crippen LogP contribution in [0.2, 0.25) is 0 Å². The Hall–Kier alpha value is -0.340. The molecule has 0 amide bonds. The molecule has 1 N–H and O–H groups in total. The molecule has 0 spiro atoms. The summed E-state index contributed by atoms with van der Waals surface area (Å²) in [5.41, 5.74) is 0. The molecule has 2 unspecified atom stereocenters. The predicted octanol–water partition coefficient (Wildman–Crippen LogP) is 4.88. The molecule has 0 aliphatic rings. The molecule has 2 heteroatoms. The molecule has 0 fully saturated rings. The maximum Gasteiger partial charge on any atom is 0.0118 e. The Morgan fingerprint density at radius 2 is 2.11 bits per heavy atom. The molecule has 0 radical (unpaired) electrons. The summed E-state index contributed by atoms with van der Waals surface area (Å²) in [4.78, 5) is 1.52. The van der Waals surface area contributed by atoms with Crippen molar-refractivity contribution in [2.75, 3.05) is 6.54 Å². The van der Waals surface area contributed by atoms with Crippen molar-refractivity contribution in [2.24, 2.45) is 5.92 Å². The van der Waals surface area contributed by atoms with Gasteiger partial charge in [-0.1, -0.05) is 52.5 Å². The molecule has 0 aromatic carbocycles. The summed E-state index contributed by atoms with van der Waals surface area (Å²) in [6, 6.07) is 5.09. The lowest BCUT2D eigenvalue weighted by atomic mass is 9.90. The lowest BCUT2D eigenvalue weighted by molar-refractivity contribution is 0.351. The summed E-state index contributed by atoms with van der Waals surface area (Å²) < 4.78 is 0. The van der Waals surface area contributed by atoms with Gasteiger partial charge in [0.2, 0.25) is 0 Å². The van der Waals surface area contributed by atoms with Crippen LogP contribution < -0.4 is 5.32 Å². The first-order valence-electron chi connectivity index (χ1n) is 7.55. The highest BCUT2D eigenvalue weighted by Gasteiger charge is 2.15. The Morgan fingerprint density at radius 3 is 2.67 bits per heavy atom. The van der Waals surface area contributed by atoms with E-state index in [1.807, 2.05) is 11.3 Å². The molecule has 0 saturated heterocycles. The van der Waals surface area contributed by atoms with Crippen LogP contribution in [0.25, 0.3) is 0 Å². The zero-order valence-electron chi connectivity index (χ0n) is 12.2. The first-order chi connectivity index (χ1) is 8.80. The maximum absolute atomic E-state index is 3.67. The topological polar surface area (TPSA) is 12.0 Å². The lowest BCUT2D eigenvalue weighted by Crippen LogP contribution is -2.32. The van der Waals surface area contributed by atoms with Gasteiger partial charge in [-0.25, -0.2) is 0 Å². The second-order valence-electron chi connectivity index (χ2n) is 5.19. The SMILES string of the molecule is CCCCC(CC)CC(Cc1cccs1)NCC. The minimum absolute atomic E-state index is 0.662.